The van der Waals surface area contributed by atoms with E-state index in [4.69, 9.17) is 0 Å². The summed E-state index contributed by atoms with van der Waals surface area (Å²) in [5.41, 5.74) is 0. The second-order valence-electron chi connectivity index (χ2n) is 5.10. The van der Waals surface area contributed by atoms with Gasteiger partial charge in [-0.15, -0.1) is 0 Å². The van der Waals surface area contributed by atoms with Gasteiger partial charge in [-0.3, -0.25) is 0 Å². The lowest BCUT2D eigenvalue weighted by Gasteiger charge is -2.26. The van der Waals surface area contributed by atoms with E-state index in [-0.39, 0.29) is 6.10 Å². The molecule has 0 aromatic heterocycles. The molecule has 0 saturated carbocycles. The third kappa shape index (κ3) is 8.06. The number of unbranched alkanes of at least 4 members (excludes halogenated alkanes) is 3. The molecule has 1 rings (SSSR count). The Labute approximate surface area is 111 Å². The van der Waals surface area contributed by atoms with E-state index in [0.29, 0.717) is 0 Å². The zero-order valence-electron chi connectivity index (χ0n) is 11.4. The molecule has 1 saturated heterocycles. The summed E-state index contributed by atoms with van der Waals surface area (Å²) in [6.45, 7) is 5.99. The molecule has 0 unspecified atom stereocenters. The number of aliphatic hydroxyl groups excluding tert-OH is 1. The normalized spacial score (nSPS) is 19.4. The van der Waals surface area contributed by atoms with Crippen LogP contribution in [0, 0.1) is 0 Å². The lowest BCUT2D eigenvalue weighted by atomic mass is 10.1. The average molecular weight is 259 g/mol. The lowest BCUT2D eigenvalue weighted by Crippen LogP contribution is -2.33. The van der Waals surface area contributed by atoms with Crippen LogP contribution in [0.4, 0.5) is 0 Å². The van der Waals surface area contributed by atoms with Crippen LogP contribution < -0.4 is 0 Å². The summed E-state index contributed by atoms with van der Waals surface area (Å²) < 4.78 is 0. The van der Waals surface area contributed by atoms with E-state index in [1.807, 2.05) is 0 Å². The maximum atomic E-state index is 9.80. The molecule has 1 atom stereocenters. The summed E-state index contributed by atoms with van der Waals surface area (Å²) in [6.07, 6.45) is 8.13. The highest BCUT2D eigenvalue weighted by Gasteiger charge is 2.10. The van der Waals surface area contributed by atoms with Gasteiger partial charge in [-0.1, -0.05) is 26.2 Å². The van der Waals surface area contributed by atoms with E-state index in [1.54, 1.807) is 0 Å². The van der Waals surface area contributed by atoms with Crippen LogP contribution in [-0.4, -0.2) is 47.3 Å². The van der Waals surface area contributed by atoms with Crippen molar-refractivity contribution in [1.82, 2.24) is 4.90 Å². The summed E-state index contributed by atoms with van der Waals surface area (Å²) >= 11 is 2.07. The summed E-state index contributed by atoms with van der Waals surface area (Å²) in [7, 11) is 0. The Morgan fingerprint density at radius 1 is 1.06 bits per heavy atom. The minimum Gasteiger partial charge on any atom is -0.393 e. The van der Waals surface area contributed by atoms with Crippen molar-refractivity contribution in [2.45, 2.75) is 58.0 Å². The van der Waals surface area contributed by atoms with Gasteiger partial charge in [0.05, 0.1) is 6.10 Å². The van der Waals surface area contributed by atoms with E-state index >= 15 is 0 Å². The zero-order valence-corrected chi connectivity index (χ0v) is 12.2. The second-order valence-corrected chi connectivity index (χ2v) is 6.32. The molecule has 0 spiro atoms. The molecule has 1 heterocycles. The number of hydrogen-bond donors (Lipinski definition) is 1. The van der Waals surface area contributed by atoms with Crippen molar-refractivity contribution < 1.29 is 5.11 Å². The van der Waals surface area contributed by atoms with Crippen molar-refractivity contribution in [2.24, 2.45) is 0 Å². The van der Waals surface area contributed by atoms with Crippen molar-refractivity contribution >= 4 is 11.8 Å². The topological polar surface area (TPSA) is 23.5 Å². The fourth-order valence-corrected chi connectivity index (χ4v) is 3.29. The average Bonchev–Trinajstić information content (AvgIpc) is 2.36. The largest absolute Gasteiger partial charge is 0.393 e. The Bertz CT molecular complexity index is 172. The Morgan fingerprint density at radius 3 is 2.35 bits per heavy atom. The third-order valence-corrected chi connectivity index (χ3v) is 4.45. The molecule has 0 bridgehead atoms. The Hall–Kier alpha value is 0.270. The van der Waals surface area contributed by atoms with Gasteiger partial charge in [-0.25, -0.2) is 0 Å². The molecule has 0 aromatic carbocycles. The van der Waals surface area contributed by atoms with E-state index < -0.39 is 0 Å². The first-order chi connectivity index (χ1) is 8.33. The van der Waals surface area contributed by atoms with Gasteiger partial charge < -0.3 is 10.0 Å². The highest BCUT2D eigenvalue weighted by atomic mass is 32.2. The van der Waals surface area contributed by atoms with Crippen molar-refractivity contribution in [1.29, 1.82) is 0 Å². The lowest BCUT2D eigenvalue weighted by molar-refractivity contribution is 0.145. The minimum atomic E-state index is -0.0431. The Balaban J connectivity index is 1.88. The van der Waals surface area contributed by atoms with E-state index in [1.165, 1.54) is 63.2 Å². The van der Waals surface area contributed by atoms with Crippen LogP contribution in [0.3, 0.4) is 0 Å². The van der Waals surface area contributed by atoms with Crippen molar-refractivity contribution in [3.05, 3.63) is 0 Å². The van der Waals surface area contributed by atoms with Gasteiger partial charge in [-0.05, 0) is 32.2 Å². The molecule has 17 heavy (non-hydrogen) atoms. The molecule has 102 valence electrons. The summed E-state index contributed by atoms with van der Waals surface area (Å²) in [5, 5.41) is 9.80. The summed E-state index contributed by atoms with van der Waals surface area (Å²) in [5.74, 6) is 2.61. The fourth-order valence-electron chi connectivity index (χ4n) is 2.31. The first-order valence-electron chi connectivity index (χ1n) is 7.31. The van der Waals surface area contributed by atoms with Gasteiger partial charge in [0.25, 0.3) is 0 Å². The molecule has 0 aliphatic carbocycles. The van der Waals surface area contributed by atoms with Gasteiger partial charge in [0.1, 0.15) is 0 Å². The fraction of sp³-hybridized carbons (Fsp3) is 1.00. The number of rotatable bonds is 9. The van der Waals surface area contributed by atoms with Crippen LogP contribution in [0.1, 0.15) is 51.9 Å². The summed E-state index contributed by atoms with van der Waals surface area (Å²) in [4.78, 5) is 2.57. The van der Waals surface area contributed by atoms with Gasteiger partial charge in [0.2, 0.25) is 0 Å². The molecule has 0 amide bonds. The highest BCUT2D eigenvalue weighted by Crippen LogP contribution is 2.12. The molecular formula is C14H29NOS. The molecule has 2 nitrogen and oxygen atoms in total. The van der Waals surface area contributed by atoms with Crippen LogP contribution in [0.5, 0.6) is 0 Å². The molecule has 0 aromatic rings. The monoisotopic (exact) mass is 259 g/mol. The standard InChI is InChI=1S/C14H29NOS/c1-2-3-4-7-14(16)8-5-6-9-15-10-12-17-13-11-15/h14,16H,2-13H2,1H3/t14-/m1/s1. The zero-order chi connectivity index (χ0) is 12.3. The van der Waals surface area contributed by atoms with Crippen LogP contribution in [0.25, 0.3) is 0 Å². The first-order valence-corrected chi connectivity index (χ1v) is 8.46. The van der Waals surface area contributed by atoms with Crippen LogP contribution >= 0.6 is 11.8 Å². The molecule has 1 N–H and O–H groups in total. The smallest absolute Gasteiger partial charge is 0.0540 e. The van der Waals surface area contributed by atoms with Crippen LogP contribution in [0.2, 0.25) is 0 Å². The number of aliphatic hydroxyl groups is 1. The van der Waals surface area contributed by atoms with E-state index in [9.17, 15) is 5.11 Å². The van der Waals surface area contributed by atoms with Gasteiger partial charge >= 0.3 is 0 Å². The van der Waals surface area contributed by atoms with Crippen molar-refractivity contribution in [3.8, 4) is 0 Å². The molecule has 3 heteroatoms. The first kappa shape index (κ1) is 15.3. The van der Waals surface area contributed by atoms with Crippen LogP contribution in [-0.2, 0) is 0 Å². The maximum Gasteiger partial charge on any atom is 0.0540 e. The molecule has 1 aliphatic heterocycles. The predicted molar refractivity (Wildman–Crippen MR) is 77.8 cm³/mol. The SMILES string of the molecule is CCCCC[C@@H](O)CCCCN1CCSCC1. The second kappa shape index (κ2) is 10.2. The Morgan fingerprint density at radius 2 is 1.71 bits per heavy atom. The van der Waals surface area contributed by atoms with Crippen molar-refractivity contribution in [3.63, 3.8) is 0 Å². The molecule has 1 aliphatic rings. The highest BCUT2D eigenvalue weighted by molar-refractivity contribution is 7.99. The number of hydrogen-bond acceptors (Lipinski definition) is 3. The van der Waals surface area contributed by atoms with Crippen molar-refractivity contribution in [2.75, 3.05) is 31.1 Å². The molecular weight excluding hydrogens is 230 g/mol. The predicted octanol–water partition coefficient (Wildman–Crippen LogP) is 3.15. The third-order valence-electron chi connectivity index (χ3n) is 3.51. The van der Waals surface area contributed by atoms with Gasteiger partial charge in [0.15, 0.2) is 0 Å². The maximum absolute atomic E-state index is 9.80. The molecule has 1 fully saturated rings. The summed E-state index contributed by atoms with van der Waals surface area (Å²) in [6, 6.07) is 0. The number of thioether (sulfide) groups is 1. The quantitative estimate of drug-likeness (QED) is 0.644. The van der Waals surface area contributed by atoms with Gasteiger partial charge in [-0.2, -0.15) is 11.8 Å². The van der Waals surface area contributed by atoms with E-state index in [2.05, 4.69) is 23.6 Å². The Kier molecular flexibility index (Phi) is 9.21. The van der Waals surface area contributed by atoms with Gasteiger partial charge in [0, 0.05) is 24.6 Å². The number of nitrogens with zero attached hydrogens (tertiary/aromatic N) is 1. The van der Waals surface area contributed by atoms with E-state index in [0.717, 1.165) is 12.8 Å². The molecule has 0 radical (unpaired) electrons. The minimum absolute atomic E-state index is 0.0431. The van der Waals surface area contributed by atoms with Crippen LogP contribution in [0.15, 0.2) is 0 Å².